The minimum atomic E-state index is -3.55. The monoisotopic (exact) mass is 362 g/mol. The van der Waals surface area contributed by atoms with Crippen LogP contribution >= 0.6 is 0 Å². The van der Waals surface area contributed by atoms with Crippen molar-refractivity contribution < 1.29 is 21.9 Å². The van der Waals surface area contributed by atoms with Crippen molar-refractivity contribution in [3.05, 3.63) is 29.8 Å². The van der Waals surface area contributed by atoms with Gasteiger partial charge in [0.15, 0.2) is 0 Å². The summed E-state index contributed by atoms with van der Waals surface area (Å²) in [5.74, 6) is 0.0542. The fourth-order valence-corrected chi connectivity index (χ4v) is 4.31. The first kappa shape index (κ1) is 19.1. The highest BCUT2D eigenvalue weighted by Gasteiger charge is 2.30. The number of halogens is 2. The molecule has 0 saturated heterocycles. The molecular formula is C16H24F2N2O3S. The van der Waals surface area contributed by atoms with Crippen molar-refractivity contribution in [2.45, 2.75) is 51.3 Å². The molecule has 136 valence electrons. The average molecular weight is 362 g/mol. The third-order valence-corrected chi connectivity index (χ3v) is 6.34. The molecule has 2 rings (SSSR count). The van der Waals surface area contributed by atoms with Crippen LogP contribution in [0.15, 0.2) is 24.3 Å². The van der Waals surface area contributed by atoms with Crippen LogP contribution < -0.4 is 4.74 Å². The molecule has 0 atom stereocenters. The van der Waals surface area contributed by atoms with Gasteiger partial charge in [-0.2, -0.15) is 25.8 Å². The molecule has 0 radical (unpaired) electrons. The minimum absolute atomic E-state index is 0.0491. The number of hydrogen-bond donors (Lipinski definition) is 0. The van der Waals surface area contributed by atoms with Crippen molar-refractivity contribution in [1.29, 1.82) is 0 Å². The Labute approximate surface area is 142 Å². The summed E-state index contributed by atoms with van der Waals surface area (Å²) >= 11 is 0. The molecule has 0 aliphatic heterocycles. The first-order chi connectivity index (χ1) is 11.3. The highest BCUT2D eigenvalue weighted by molar-refractivity contribution is 7.86. The number of benzene rings is 1. The molecule has 1 aliphatic carbocycles. The van der Waals surface area contributed by atoms with Crippen LogP contribution in [0, 0.1) is 0 Å². The van der Waals surface area contributed by atoms with E-state index in [4.69, 9.17) is 0 Å². The quantitative estimate of drug-likeness (QED) is 0.748. The van der Waals surface area contributed by atoms with Crippen molar-refractivity contribution in [2.75, 3.05) is 14.1 Å². The van der Waals surface area contributed by atoms with E-state index in [2.05, 4.69) is 4.74 Å². The van der Waals surface area contributed by atoms with Gasteiger partial charge in [0.1, 0.15) is 5.75 Å². The molecule has 0 heterocycles. The number of alkyl halides is 2. The van der Waals surface area contributed by atoms with E-state index < -0.39 is 16.8 Å². The van der Waals surface area contributed by atoms with Crippen molar-refractivity contribution in [3.63, 3.8) is 0 Å². The van der Waals surface area contributed by atoms with E-state index in [1.807, 2.05) is 0 Å². The van der Waals surface area contributed by atoms with Crippen molar-refractivity contribution in [2.24, 2.45) is 0 Å². The Morgan fingerprint density at radius 1 is 1.12 bits per heavy atom. The number of nitrogens with zero attached hydrogens (tertiary/aromatic N) is 2. The lowest BCUT2D eigenvalue weighted by atomic mass is 9.96. The predicted octanol–water partition coefficient (Wildman–Crippen LogP) is 3.23. The topological polar surface area (TPSA) is 49.9 Å². The Hall–Kier alpha value is -1.25. The molecule has 1 aromatic carbocycles. The van der Waals surface area contributed by atoms with Crippen LogP contribution in [0.4, 0.5) is 8.78 Å². The zero-order valence-electron chi connectivity index (χ0n) is 14.0. The maximum absolute atomic E-state index is 12.7. The standard InChI is InChI=1S/C16H24F2N2O3S/c1-19(12-13-8-10-15(11-9-13)23-16(17)18)24(21,22)20(2)14-6-4-3-5-7-14/h8-11,14,16H,3-7,12H2,1-2H3. The van der Waals surface area contributed by atoms with Gasteiger partial charge in [0.2, 0.25) is 0 Å². The molecule has 24 heavy (non-hydrogen) atoms. The lowest BCUT2D eigenvalue weighted by Crippen LogP contribution is -2.45. The van der Waals surface area contributed by atoms with E-state index in [-0.39, 0.29) is 18.3 Å². The lowest BCUT2D eigenvalue weighted by Gasteiger charge is -2.33. The van der Waals surface area contributed by atoms with Crippen molar-refractivity contribution in [1.82, 2.24) is 8.61 Å². The van der Waals surface area contributed by atoms with Gasteiger partial charge in [-0.3, -0.25) is 0 Å². The summed E-state index contributed by atoms with van der Waals surface area (Å²) in [4.78, 5) is 0. The van der Waals surface area contributed by atoms with Gasteiger partial charge in [-0.1, -0.05) is 31.4 Å². The normalized spacial score (nSPS) is 17.0. The Bertz CT molecular complexity index is 617. The third-order valence-electron chi connectivity index (χ3n) is 4.40. The van der Waals surface area contributed by atoms with E-state index in [1.165, 1.54) is 27.8 Å². The molecule has 0 aromatic heterocycles. The molecule has 5 nitrogen and oxygen atoms in total. The van der Waals surface area contributed by atoms with Crippen LogP contribution in [-0.4, -0.2) is 43.8 Å². The van der Waals surface area contributed by atoms with E-state index in [0.29, 0.717) is 5.56 Å². The molecule has 1 saturated carbocycles. The molecule has 0 bridgehead atoms. The zero-order valence-corrected chi connectivity index (χ0v) is 14.8. The van der Waals surface area contributed by atoms with Crippen LogP contribution in [0.2, 0.25) is 0 Å². The van der Waals surface area contributed by atoms with Crippen molar-refractivity contribution >= 4 is 10.2 Å². The first-order valence-electron chi connectivity index (χ1n) is 8.04. The van der Waals surface area contributed by atoms with Gasteiger partial charge in [-0.15, -0.1) is 0 Å². The minimum Gasteiger partial charge on any atom is -0.435 e. The van der Waals surface area contributed by atoms with Crippen LogP contribution in [0.25, 0.3) is 0 Å². The Morgan fingerprint density at radius 2 is 1.71 bits per heavy atom. The SMILES string of the molecule is CN(Cc1ccc(OC(F)F)cc1)S(=O)(=O)N(C)C1CCCCC1. The fraction of sp³-hybridized carbons (Fsp3) is 0.625. The molecule has 0 amide bonds. The second-order valence-corrected chi connectivity index (χ2v) is 8.19. The number of ether oxygens (including phenoxy) is 1. The van der Waals surface area contributed by atoms with E-state index in [0.717, 1.165) is 32.1 Å². The number of rotatable bonds is 7. The fourth-order valence-electron chi connectivity index (χ4n) is 2.97. The molecule has 8 heteroatoms. The van der Waals surface area contributed by atoms with Gasteiger partial charge in [0.25, 0.3) is 10.2 Å². The Kier molecular flexibility index (Phi) is 6.54. The summed E-state index contributed by atoms with van der Waals surface area (Å²) in [5, 5.41) is 0. The van der Waals surface area contributed by atoms with Gasteiger partial charge in [0.05, 0.1) is 0 Å². The summed E-state index contributed by atoms with van der Waals surface area (Å²) in [6.45, 7) is -2.70. The van der Waals surface area contributed by atoms with Gasteiger partial charge in [-0.25, -0.2) is 0 Å². The maximum atomic E-state index is 12.7. The summed E-state index contributed by atoms with van der Waals surface area (Å²) in [7, 11) is -0.398. The lowest BCUT2D eigenvalue weighted by molar-refractivity contribution is -0.0498. The molecule has 1 aromatic rings. The molecule has 0 unspecified atom stereocenters. The molecule has 0 spiro atoms. The maximum Gasteiger partial charge on any atom is 0.387 e. The summed E-state index contributed by atoms with van der Waals surface area (Å²) in [5.41, 5.74) is 0.708. The average Bonchev–Trinajstić information content (AvgIpc) is 2.56. The van der Waals surface area contributed by atoms with Gasteiger partial charge in [0, 0.05) is 26.7 Å². The van der Waals surface area contributed by atoms with Crippen LogP contribution in [-0.2, 0) is 16.8 Å². The molecule has 1 fully saturated rings. The van der Waals surface area contributed by atoms with E-state index in [1.54, 1.807) is 19.2 Å². The van der Waals surface area contributed by atoms with E-state index >= 15 is 0 Å². The summed E-state index contributed by atoms with van der Waals surface area (Å²) < 4.78 is 56.7. The first-order valence-corrected chi connectivity index (χ1v) is 9.43. The Balaban J connectivity index is 2.00. The third kappa shape index (κ3) is 4.87. The highest BCUT2D eigenvalue weighted by Crippen LogP contribution is 2.25. The zero-order chi connectivity index (χ0) is 17.7. The number of hydrogen-bond acceptors (Lipinski definition) is 3. The summed E-state index contributed by atoms with van der Waals surface area (Å²) in [6, 6.07) is 6.04. The second-order valence-electron chi connectivity index (χ2n) is 6.09. The van der Waals surface area contributed by atoms with Gasteiger partial charge < -0.3 is 4.74 Å². The highest BCUT2D eigenvalue weighted by atomic mass is 32.2. The molecule has 0 N–H and O–H groups in total. The van der Waals surface area contributed by atoms with Crippen LogP contribution in [0.1, 0.15) is 37.7 Å². The molecule has 1 aliphatic rings. The van der Waals surface area contributed by atoms with Crippen LogP contribution in [0.3, 0.4) is 0 Å². The second kappa shape index (κ2) is 8.22. The molecular weight excluding hydrogens is 338 g/mol. The van der Waals surface area contributed by atoms with Crippen molar-refractivity contribution in [3.8, 4) is 5.75 Å². The van der Waals surface area contributed by atoms with Gasteiger partial charge >= 0.3 is 6.61 Å². The van der Waals surface area contributed by atoms with E-state index in [9.17, 15) is 17.2 Å². The predicted molar refractivity (Wildman–Crippen MR) is 88.1 cm³/mol. The van der Waals surface area contributed by atoms with Gasteiger partial charge in [-0.05, 0) is 30.5 Å². The summed E-state index contributed by atoms with van der Waals surface area (Å²) in [6.07, 6.45) is 5.05. The smallest absolute Gasteiger partial charge is 0.387 e. The Morgan fingerprint density at radius 3 is 2.25 bits per heavy atom. The largest absolute Gasteiger partial charge is 0.435 e. The van der Waals surface area contributed by atoms with Crippen LogP contribution in [0.5, 0.6) is 5.75 Å².